The first-order valence-electron chi connectivity index (χ1n) is 11.0. The van der Waals surface area contributed by atoms with E-state index in [9.17, 15) is 19.2 Å². The molecule has 4 rings (SSSR count). The van der Waals surface area contributed by atoms with Gasteiger partial charge in [-0.3, -0.25) is 19.2 Å². The second kappa shape index (κ2) is 9.31. The number of ketones is 1. The third-order valence-electron chi connectivity index (χ3n) is 5.83. The minimum absolute atomic E-state index is 0.142. The lowest BCUT2D eigenvalue weighted by molar-refractivity contribution is -0.126. The Hall–Kier alpha value is -4.26. The summed E-state index contributed by atoms with van der Waals surface area (Å²) in [7, 11) is 0. The molecule has 3 aromatic carbocycles. The van der Waals surface area contributed by atoms with Crippen molar-refractivity contribution in [3.8, 4) is 0 Å². The highest BCUT2D eigenvalue weighted by atomic mass is 16.2. The zero-order chi connectivity index (χ0) is 24.4. The molecule has 2 N–H and O–H groups in total. The molecule has 1 heterocycles. The Morgan fingerprint density at radius 2 is 1.62 bits per heavy atom. The molecular weight excluding hydrogens is 430 g/mol. The molecule has 1 aliphatic rings. The number of benzene rings is 3. The third kappa shape index (κ3) is 4.45. The maximum absolute atomic E-state index is 13.2. The molecule has 1 aliphatic heterocycles. The van der Waals surface area contributed by atoms with Crippen LogP contribution in [-0.2, 0) is 9.59 Å². The summed E-state index contributed by atoms with van der Waals surface area (Å²) in [5.41, 5.74) is 4.09. The van der Waals surface area contributed by atoms with Crippen LogP contribution in [0.2, 0.25) is 0 Å². The number of Topliss-reactive ketones (excluding diaryl/α,β-unsaturated/α-hetero) is 1. The molecule has 0 saturated carbocycles. The number of nitrogens with zero attached hydrogens (tertiary/aromatic N) is 1. The van der Waals surface area contributed by atoms with Crippen LogP contribution in [0.15, 0.2) is 66.7 Å². The summed E-state index contributed by atoms with van der Waals surface area (Å²) >= 11 is 0. The van der Waals surface area contributed by atoms with Crippen LogP contribution in [0.25, 0.3) is 0 Å². The van der Waals surface area contributed by atoms with Crippen LogP contribution in [0.5, 0.6) is 0 Å². The fraction of sp³-hybridized carbons (Fsp3) is 0.185. The predicted molar refractivity (Wildman–Crippen MR) is 131 cm³/mol. The van der Waals surface area contributed by atoms with Crippen LogP contribution in [0.4, 0.5) is 17.1 Å². The summed E-state index contributed by atoms with van der Waals surface area (Å²) in [6.07, 6.45) is 0. The van der Waals surface area contributed by atoms with E-state index in [-0.39, 0.29) is 17.6 Å². The van der Waals surface area contributed by atoms with Gasteiger partial charge in [-0.25, -0.2) is 0 Å². The molecule has 7 nitrogen and oxygen atoms in total. The first-order valence-corrected chi connectivity index (χ1v) is 11.0. The zero-order valence-electron chi connectivity index (χ0n) is 19.2. The van der Waals surface area contributed by atoms with Gasteiger partial charge in [0.1, 0.15) is 5.92 Å². The van der Waals surface area contributed by atoms with Crippen LogP contribution in [-0.4, -0.2) is 30.0 Å². The Kier molecular flexibility index (Phi) is 6.27. The van der Waals surface area contributed by atoms with Gasteiger partial charge in [0.25, 0.3) is 5.91 Å². The number of nitrogens with one attached hydrogen (secondary N) is 2. The summed E-state index contributed by atoms with van der Waals surface area (Å²) in [6.45, 7) is 5.64. The Morgan fingerprint density at radius 1 is 0.882 bits per heavy atom. The number of carbonyl (C=O) groups excluding carboxylic acids is 4. The van der Waals surface area contributed by atoms with E-state index < -0.39 is 11.8 Å². The van der Waals surface area contributed by atoms with Crippen molar-refractivity contribution in [3.63, 3.8) is 0 Å². The summed E-state index contributed by atoms with van der Waals surface area (Å²) in [4.78, 5) is 52.3. The normalized spacial score (nSPS) is 14.5. The molecule has 0 aromatic heterocycles. The quantitative estimate of drug-likeness (QED) is 0.421. The lowest BCUT2D eigenvalue weighted by atomic mass is 9.96. The maximum atomic E-state index is 13.2. The van der Waals surface area contributed by atoms with E-state index in [1.54, 1.807) is 42.5 Å². The zero-order valence-corrected chi connectivity index (χ0v) is 19.2. The average Bonchev–Trinajstić information content (AvgIpc) is 3.10. The Bertz CT molecular complexity index is 1300. The SMILES string of the molecule is CCN1C(=O)C(C(=O)Nc2cccc(C(=O)Nc3ccc(C)cc3)c2)c2cc(C(C)=O)ccc21. The number of amides is 3. The van der Waals surface area contributed by atoms with Gasteiger partial charge in [-0.1, -0.05) is 23.8 Å². The minimum atomic E-state index is -1.07. The number of anilines is 3. The third-order valence-corrected chi connectivity index (χ3v) is 5.83. The van der Waals surface area contributed by atoms with Crippen LogP contribution in [0, 0.1) is 6.92 Å². The largest absolute Gasteiger partial charge is 0.325 e. The van der Waals surface area contributed by atoms with Crippen LogP contribution in [0.1, 0.15) is 51.6 Å². The highest BCUT2D eigenvalue weighted by Crippen LogP contribution is 2.38. The van der Waals surface area contributed by atoms with Gasteiger partial charge in [0, 0.05) is 34.7 Å². The Balaban J connectivity index is 1.56. The highest BCUT2D eigenvalue weighted by molar-refractivity contribution is 6.21. The lowest BCUT2D eigenvalue weighted by Gasteiger charge is -2.15. The molecule has 0 spiro atoms. The van der Waals surface area contributed by atoms with Crippen molar-refractivity contribution in [2.75, 3.05) is 22.1 Å². The highest BCUT2D eigenvalue weighted by Gasteiger charge is 2.41. The van der Waals surface area contributed by atoms with Crippen molar-refractivity contribution >= 4 is 40.6 Å². The molecule has 1 atom stereocenters. The number of aryl methyl sites for hydroxylation is 1. The minimum Gasteiger partial charge on any atom is -0.325 e. The second-order valence-electron chi connectivity index (χ2n) is 8.24. The number of carbonyl (C=O) groups is 4. The summed E-state index contributed by atoms with van der Waals surface area (Å²) < 4.78 is 0. The molecule has 0 aliphatic carbocycles. The number of rotatable bonds is 6. The van der Waals surface area contributed by atoms with E-state index in [4.69, 9.17) is 0 Å². The molecule has 0 radical (unpaired) electrons. The van der Waals surface area contributed by atoms with Crippen molar-refractivity contribution in [1.82, 2.24) is 0 Å². The van der Waals surface area contributed by atoms with Crippen molar-refractivity contribution < 1.29 is 19.2 Å². The van der Waals surface area contributed by atoms with Gasteiger partial charge in [-0.2, -0.15) is 0 Å². The molecule has 3 aromatic rings. The van der Waals surface area contributed by atoms with Crippen LogP contribution in [0.3, 0.4) is 0 Å². The first kappa shape index (κ1) is 22.9. The van der Waals surface area contributed by atoms with Crippen LogP contribution >= 0.6 is 0 Å². The Morgan fingerprint density at radius 3 is 2.29 bits per heavy atom. The maximum Gasteiger partial charge on any atom is 0.255 e. The Labute approximate surface area is 197 Å². The molecule has 0 bridgehead atoms. The number of likely N-dealkylation sites (N-methyl/N-ethyl adjacent to an activating group) is 1. The van der Waals surface area contributed by atoms with Crippen molar-refractivity contribution in [2.24, 2.45) is 0 Å². The predicted octanol–water partition coefficient (Wildman–Crippen LogP) is 4.54. The van der Waals surface area contributed by atoms with Gasteiger partial charge in [-0.05, 0) is 74.9 Å². The van der Waals surface area contributed by atoms with E-state index in [0.717, 1.165) is 5.56 Å². The molecule has 0 saturated heterocycles. The van der Waals surface area contributed by atoms with Crippen molar-refractivity contribution in [1.29, 1.82) is 0 Å². The molecule has 172 valence electrons. The summed E-state index contributed by atoms with van der Waals surface area (Å²) in [5.74, 6) is -2.38. The fourth-order valence-corrected chi connectivity index (χ4v) is 4.03. The number of fused-ring (bicyclic) bond motifs is 1. The molecule has 7 heteroatoms. The van der Waals surface area contributed by atoms with E-state index >= 15 is 0 Å². The first-order chi connectivity index (χ1) is 16.3. The average molecular weight is 456 g/mol. The van der Waals surface area contributed by atoms with Crippen molar-refractivity contribution in [3.05, 3.63) is 89.0 Å². The second-order valence-corrected chi connectivity index (χ2v) is 8.24. The number of hydrogen-bond acceptors (Lipinski definition) is 4. The van der Waals surface area contributed by atoms with Gasteiger partial charge < -0.3 is 15.5 Å². The van der Waals surface area contributed by atoms with Crippen LogP contribution < -0.4 is 15.5 Å². The van der Waals surface area contributed by atoms with Gasteiger partial charge in [0.05, 0.1) is 0 Å². The lowest BCUT2D eigenvalue weighted by Crippen LogP contribution is -2.33. The molecule has 0 fully saturated rings. The monoisotopic (exact) mass is 455 g/mol. The van der Waals surface area contributed by atoms with Gasteiger partial charge in [0.15, 0.2) is 5.78 Å². The van der Waals surface area contributed by atoms with E-state index in [1.165, 1.54) is 11.8 Å². The summed E-state index contributed by atoms with van der Waals surface area (Å²) in [5, 5.41) is 5.59. The van der Waals surface area contributed by atoms with Gasteiger partial charge in [-0.15, -0.1) is 0 Å². The van der Waals surface area contributed by atoms with Crippen molar-refractivity contribution in [2.45, 2.75) is 26.7 Å². The standard InChI is InChI=1S/C27H25N3O4/c1-4-30-23-13-10-18(17(3)31)15-22(23)24(27(30)34)26(33)29-21-7-5-6-19(14-21)25(32)28-20-11-8-16(2)9-12-20/h5-15,24H,4H2,1-3H3,(H,28,32)(H,29,33). The topological polar surface area (TPSA) is 95.6 Å². The molecule has 1 unspecified atom stereocenters. The number of hydrogen-bond donors (Lipinski definition) is 2. The summed E-state index contributed by atoms with van der Waals surface area (Å²) in [6, 6.07) is 18.9. The van der Waals surface area contributed by atoms with Gasteiger partial charge in [0.2, 0.25) is 11.8 Å². The smallest absolute Gasteiger partial charge is 0.255 e. The van der Waals surface area contributed by atoms with E-state index in [0.29, 0.717) is 40.3 Å². The molecule has 3 amide bonds. The fourth-order valence-electron chi connectivity index (χ4n) is 4.03. The van der Waals surface area contributed by atoms with Gasteiger partial charge >= 0.3 is 0 Å². The van der Waals surface area contributed by atoms with E-state index in [2.05, 4.69) is 10.6 Å². The molecular formula is C27H25N3O4. The van der Waals surface area contributed by atoms with E-state index in [1.807, 2.05) is 38.1 Å². The molecule has 34 heavy (non-hydrogen) atoms.